The summed E-state index contributed by atoms with van der Waals surface area (Å²) in [6.07, 6.45) is 1.00. The van der Waals surface area contributed by atoms with Crippen molar-refractivity contribution >= 4 is 23.4 Å². The van der Waals surface area contributed by atoms with Crippen molar-refractivity contribution in [3.63, 3.8) is 0 Å². The summed E-state index contributed by atoms with van der Waals surface area (Å²) in [5.41, 5.74) is 2.55. The molecule has 0 saturated heterocycles. The van der Waals surface area contributed by atoms with Crippen molar-refractivity contribution in [2.75, 3.05) is 6.61 Å². The molecule has 1 aliphatic heterocycles. The smallest absolute Gasteiger partial charge is 0.0876 e. The first kappa shape index (κ1) is 13.0. The Hall–Kier alpha value is -0.960. The first-order valence-electron chi connectivity index (χ1n) is 6.44. The fraction of sp³-hybridized carbons (Fsp3) is 0.250. The Kier molecular flexibility index (Phi) is 3.83. The molecule has 1 atom stereocenters. The van der Waals surface area contributed by atoms with E-state index in [0.29, 0.717) is 0 Å². The molecule has 98 valence electrons. The van der Waals surface area contributed by atoms with Crippen LogP contribution >= 0.6 is 23.4 Å². The lowest BCUT2D eigenvalue weighted by atomic mass is 10.0. The van der Waals surface area contributed by atoms with Crippen molar-refractivity contribution < 1.29 is 4.74 Å². The van der Waals surface area contributed by atoms with Crippen LogP contribution in [0.5, 0.6) is 0 Å². The van der Waals surface area contributed by atoms with Gasteiger partial charge in [0.05, 0.1) is 6.10 Å². The number of rotatable bonds is 2. The molecule has 2 aromatic rings. The average molecular weight is 291 g/mol. The number of fused-ring (bicyclic) bond motifs is 2. The summed E-state index contributed by atoms with van der Waals surface area (Å²) in [5.74, 6) is 0. The molecule has 1 heterocycles. The normalized spacial score (nSPS) is 17.5. The first-order valence-corrected chi connectivity index (χ1v) is 7.64. The molecule has 0 N–H and O–H groups in total. The summed E-state index contributed by atoms with van der Waals surface area (Å²) in [7, 11) is 0. The SMILES string of the molecule is CCOC1Cc2cc(Cl)ccc2Sc2ccccc21. The van der Waals surface area contributed by atoms with Crippen LogP contribution in [-0.4, -0.2) is 6.61 Å². The Bertz CT molecular complexity index is 597. The van der Waals surface area contributed by atoms with Crippen LogP contribution in [0, 0.1) is 0 Å². The molecule has 0 amide bonds. The Balaban J connectivity index is 2.09. The molecule has 0 fully saturated rings. The molecule has 19 heavy (non-hydrogen) atoms. The van der Waals surface area contributed by atoms with Crippen LogP contribution < -0.4 is 0 Å². The minimum absolute atomic E-state index is 0.119. The van der Waals surface area contributed by atoms with Crippen LogP contribution in [0.1, 0.15) is 24.2 Å². The predicted octanol–water partition coefficient (Wildman–Crippen LogP) is 5.12. The van der Waals surface area contributed by atoms with Gasteiger partial charge in [0.25, 0.3) is 0 Å². The van der Waals surface area contributed by atoms with Gasteiger partial charge in [0, 0.05) is 27.8 Å². The Morgan fingerprint density at radius 1 is 1.21 bits per heavy atom. The van der Waals surface area contributed by atoms with Gasteiger partial charge in [-0.2, -0.15) is 0 Å². The van der Waals surface area contributed by atoms with Gasteiger partial charge >= 0.3 is 0 Å². The first-order chi connectivity index (χ1) is 9.28. The van der Waals surface area contributed by atoms with E-state index in [9.17, 15) is 0 Å². The fourth-order valence-electron chi connectivity index (χ4n) is 2.42. The Labute approximate surface area is 122 Å². The lowest BCUT2D eigenvalue weighted by Gasteiger charge is -2.17. The van der Waals surface area contributed by atoms with Crippen LogP contribution in [0.4, 0.5) is 0 Å². The molecule has 0 aromatic heterocycles. The summed E-state index contributed by atoms with van der Waals surface area (Å²) in [5, 5.41) is 0.792. The minimum atomic E-state index is 0.119. The van der Waals surface area contributed by atoms with Gasteiger partial charge in [0.1, 0.15) is 0 Å². The van der Waals surface area contributed by atoms with Crippen LogP contribution in [0.3, 0.4) is 0 Å². The van der Waals surface area contributed by atoms with Crippen molar-refractivity contribution in [2.45, 2.75) is 29.2 Å². The maximum atomic E-state index is 6.12. The van der Waals surface area contributed by atoms with E-state index in [2.05, 4.69) is 36.4 Å². The zero-order chi connectivity index (χ0) is 13.2. The zero-order valence-corrected chi connectivity index (χ0v) is 12.3. The lowest BCUT2D eigenvalue weighted by Crippen LogP contribution is -2.07. The van der Waals surface area contributed by atoms with Gasteiger partial charge < -0.3 is 4.74 Å². The molecule has 0 bridgehead atoms. The van der Waals surface area contributed by atoms with E-state index in [4.69, 9.17) is 16.3 Å². The van der Waals surface area contributed by atoms with Gasteiger partial charge in [-0.1, -0.05) is 41.6 Å². The summed E-state index contributed by atoms with van der Waals surface area (Å²) in [6.45, 7) is 2.76. The van der Waals surface area contributed by atoms with E-state index in [1.165, 1.54) is 20.9 Å². The third-order valence-electron chi connectivity index (χ3n) is 3.28. The molecule has 1 aliphatic rings. The summed E-state index contributed by atoms with van der Waals surface area (Å²) in [6, 6.07) is 14.6. The molecular formula is C16H15ClOS. The second-order valence-electron chi connectivity index (χ2n) is 4.54. The van der Waals surface area contributed by atoms with Gasteiger partial charge in [-0.3, -0.25) is 0 Å². The number of ether oxygens (including phenoxy) is 1. The van der Waals surface area contributed by atoms with Gasteiger partial charge in [-0.15, -0.1) is 0 Å². The Morgan fingerprint density at radius 2 is 2.05 bits per heavy atom. The fourth-order valence-corrected chi connectivity index (χ4v) is 3.73. The van der Waals surface area contributed by atoms with Gasteiger partial charge in [-0.05, 0) is 42.3 Å². The highest BCUT2D eigenvalue weighted by Crippen LogP contribution is 2.42. The maximum absolute atomic E-state index is 6.12. The summed E-state index contributed by atoms with van der Waals surface area (Å²) < 4.78 is 5.93. The van der Waals surface area contributed by atoms with E-state index in [-0.39, 0.29) is 6.10 Å². The molecule has 3 heteroatoms. The molecular weight excluding hydrogens is 276 g/mol. The van der Waals surface area contributed by atoms with Crippen LogP contribution in [0.25, 0.3) is 0 Å². The third-order valence-corrected chi connectivity index (χ3v) is 4.73. The molecule has 0 radical (unpaired) electrons. The molecule has 0 saturated carbocycles. The highest BCUT2D eigenvalue weighted by atomic mass is 35.5. The van der Waals surface area contributed by atoms with Crippen molar-refractivity contribution in [1.29, 1.82) is 0 Å². The van der Waals surface area contributed by atoms with E-state index in [1.807, 2.05) is 13.0 Å². The Morgan fingerprint density at radius 3 is 2.89 bits per heavy atom. The van der Waals surface area contributed by atoms with E-state index >= 15 is 0 Å². The molecule has 1 nitrogen and oxygen atoms in total. The molecule has 0 aliphatic carbocycles. The second kappa shape index (κ2) is 5.58. The third kappa shape index (κ3) is 2.66. The number of hydrogen-bond donors (Lipinski definition) is 0. The molecule has 2 aromatic carbocycles. The highest BCUT2D eigenvalue weighted by Gasteiger charge is 2.22. The predicted molar refractivity (Wildman–Crippen MR) is 80.1 cm³/mol. The highest BCUT2D eigenvalue weighted by molar-refractivity contribution is 7.99. The van der Waals surface area contributed by atoms with Crippen molar-refractivity contribution in [3.05, 3.63) is 58.6 Å². The lowest BCUT2D eigenvalue weighted by molar-refractivity contribution is 0.0610. The van der Waals surface area contributed by atoms with Gasteiger partial charge in [-0.25, -0.2) is 0 Å². The largest absolute Gasteiger partial charge is 0.373 e. The van der Waals surface area contributed by atoms with Gasteiger partial charge in [0.2, 0.25) is 0 Å². The summed E-state index contributed by atoms with van der Waals surface area (Å²) >= 11 is 7.92. The van der Waals surface area contributed by atoms with E-state index < -0.39 is 0 Å². The van der Waals surface area contributed by atoms with Crippen molar-refractivity contribution in [2.24, 2.45) is 0 Å². The van der Waals surface area contributed by atoms with Crippen LogP contribution in [0.2, 0.25) is 5.02 Å². The maximum Gasteiger partial charge on any atom is 0.0876 e. The quantitative estimate of drug-likeness (QED) is 0.759. The average Bonchev–Trinajstić information content (AvgIpc) is 2.56. The number of benzene rings is 2. The number of hydrogen-bond acceptors (Lipinski definition) is 2. The minimum Gasteiger partial charge on any atom is -0.373 e. The van der Waals surface area contributed by atoms with Crippen LogP contribution in [-0.2, 0) is 11.2 Å². The topological polar surface area (TPSA) is 9.23 Å². The van der Waals surface area contributed by atoms with Gasteiger partial charge in [0.15, 0.2) is 0 Å². The van der Waals surface area contributed by atoms with Crippen molar-refractivity contribution in [1.82, 2.24) is 0 Å². The number of halogens is 1. The second-order valence-corrected chi connectivity index (χ2v) is 6.06. The molecule has 0 spiro atoms. The van der Waals surface area contributed by atoms with E-state index in [1.54, 1.807) is 11.8 Å². The van der Waals surface area contributed by atoms with Crippen molar-refractivity contribution in [3.8, 4) is 0 Å². The zero-order valence-electron chi connectivity index (χ0n) is 10.7. The van der Waals surface area contributed by atoms with Crippen LogP contribution in [0.15, 0.2) is 52.3 Å². The monoisotopic (exact) mass is 290 g/mol. The molecule has 1 unspecified atom stereocenters. The standard InChI is InChI=1S/C16H15ClOS/c1-2-18-14-10-11-9-12(17)7-8-15(11)19-16-6-4-3-5-13(14)16/h3-9,14H,2,10H2,1H3. The molecule has 3 rings (SSSR count). The summed E-state index contributed by atoms with van der Waals surface area (Å²) in [4.78, 5) is 2.56. The van der Waals surface area contributed by atoms with E-state index in [0.717, 1.165) is 18.1 Å².